The van der Waals surface area contributed by atoms with Crippen molar-refractivity contribution in [1.29, 1.82) is 0 Å². The maximum absolute atomic E-state index is 12.3. The molecule has 0 saturated carbocycles. The van der Waals surface area contributed by atoms with Crippen molar-refractivity contribution in [3.8, 4) is 0 Å². The summed E-state index contributed by atoms with van der Waals surface area (Å²) in [6.45, 7) is 6.68. The van der Waals surface area contributed by atoms with Crippen LogP contribution >= 0.6 is 12.4 Å². The molecule has 0 fully saturated rings. The molecule has 1 atom stereocenters. The van der Waals surface area contributed by atoms with Crippen LogP contribution in [0.3, 0.4) is 0 Å². The predicted molar refractivity (Wildman–Crippen MR) is 92.1 cm³/mol. The summed E-state index contributed by atoms with van der Waals surface area (Å²) in [7, 11) is 0. The second kappa shape index (κ2) is 7.61. The van der Waals surface area contributed by atoms with Crippen molar-refractivity contribution >= 4 is 29.2 Å². The highest BCUT2D eigenvalue weighted by Crippen LogP contribution is 2.18. The van der Waals surface area contributed by atoms with Crippen molar-refractivity contribution in [3.63, 3.8) is 0 Å². The van der Waals surface area contributed by atoms with Gasteiger partial charge >= 0.3 is 0 Å². The summed E-state index contributed by atoms with van der Waals surface area (Å²) >= 11 is 0. The molecule has 1 aromatic heterocycles. The highest BCUT2D eigenvalue weighted by atomic mass is 35.5. The molecule has 0 saturated heterocycles. The van der Waals surface area contributed by atoms with E-state index in [0.29, 0.717) is 12.5 Å². The average Bonchev–Trinajstić information content (AvgIpc) is 2.81. The first-order valence-electron chi connectivity index (χ1n) is 7.36. The number of rotatable bonds is 6. The van der Waals surface area contributed by atoms with Gasteiger partial charge in [-0.2, -0.15) is 5.10 Å². The molecule has 5 nitrogen and oxygen atoms in total. The Morgan fingerprint density at radius 1 is 1.41 bits per heavy atom. The van der Waals surface area contributed by atoms with Crippen molar-refractivity contribution in [2.75, 3.05) is 6.54 Å². The van der Waals surface area contributed by atoms with Crippen LogP contribution in [0.2, 0.25) is 0 Å². The van der Waals surface area contributed by atoms with E-state index >= 15 is 0 Å². The number of carbonyl (C=O) groups excluding carboxylic acids is 1. The van der Waals surface area contributed by atoms with E-state index in [4.69, 9.17) is 5.73 Å². The van der Waals surface area contributed by atoms with E-state index in [-0.39, 0.29) is 30.3 Å². The fraction of sp³-hybridized carbons (Fsp3) is 0.500. The zero-order chi connectivity index (χ0) is 15.5. The standard InChI is InChI=1S/C16H24N4O.ClH/c1-11(2)9-16(3,10-17)18-15(21)8-14-12-6-4-5-7-13(12)19-20-14;/h4-7,11H,8-10,17H2,1-3H3,(H,18,21)(H,19,20);1H. The number of nitrogens with two attached hydrogens (primary N) is 1. The van der Waals surface area contributed by atoms with E-state index < -0.39 is 0 Å². The van der Waals surface area contributed by atoms with Crippen molar-refractivity contribution < 1.29 is 4.79 Å². The number of aromatic amines is 1. The Morgan fingerprint density at radius 3 is 2.73 bits per heavy atom. The molecule has 0 bridgehead atoms. The molecule has 1 aromatic carbocycles. The molecule has 1 heterocycles. The Bertz CT molecular complexity index is 625. The van der Waals surface area contributed by atoms with Crippen LogP contribution in [-0.2, 0) is 11.2 Å². The lowest BCUT2D eigenvalue weighted by Crippen LogP contribution is -2.52. The molecular formula is C16H25ClN4O. The Kier molecular flexibility index (Phi) is 6.38. The van der Waals surface area contributed by atoms with E-state index in [1.807, 2.05) is 31.2 Å². The molecule has 1 amide bonds. The molecule has 2 rings (SSSR count). The minimum atomic E-state index is -0.360. The molecule has 0 radical (unpaired) electrons. The Morgan fingerprint density at radius 2 is 2.09 bits per heavy atom. The first-order valence-corrected chi connectivity index (χ1v) is 7.36. The van der Waals surface area contributed by atoms with Gasteiger partial charge in [-0.25, -0.2) is 0 Å². The van der Waals surface area contributed by atoms with Crippen LogP contribution in [0.25, 0.3) is 10.9 Å². The molecule has 0 aliphatic rings. The predicted octanol–water partition coefficient (Wildman–Crippen LogP) is 2.41. The lowest BCUT2D eigenvalue weighted by atomic mass is 9.90. The third-order valence-electron chi connectivity index (χ3n) is 3.63. The van der Waals surface area contributed by atoms with Crippen molar-refractivity contribution in [3.05, 3.63) is 30.0 Å². The van der Waals surface area contributed by atoms with E-state index in [1.54, 1.807) is 0 Å². The minimum absolute atomic E-state index is 0. The smallest absolute Gasteiger partial charge is 0.226 e. The number of hydrogen-bond donors (Lipinski definition) is 3. The minimum Gasteiger partial charge on any atom is -0.349 e. The van der Waals surface area contributed by atoms with E-state index in [9.17, 15) is 4.79 Å². The third-order valence-corrected chi connectivity index (χ3v) is 3.63. The largest absolute Gasteiger partial charge is 0.349 e. The van der Waals surface area contributed by atoms with Gasteiger partial charge in [0.1, 0.15) is 0 Å². The van der Waals surface area contributed by atoms with E-state index in [0.717, 1.165) is 23.0 Å². The number of aromatic nitrogens is 2. The van der Waals surface area contributed by atoms with Crippen LogP contribution in [0.15, 0.2) is 24.3 Å². The van der Waals surface area contributed by atoms with Crippen molar-refractivity contribution in [2.24, 2.45) is 11.7 Å². The van der Waals surface area contributed by atoms with E-state index in [2.05, 4.69) is 29.4 Å². The van der Waals surface area contributed by atoms with Crippen molar-refractivity contribution in [1.82, 2.24) is 15.5 Å². The second-order valence-corrected chi connectivity index (χ2v) is 6.31. The summed E-state index contributed by atoms with van der Waals surface area (Å²) in [6.07, 6.45) is 1.15. The summed E-state index contributed by atoms with van der Waals surface area (Å²) in [5, 5.41) is 11.2. The normalized spacial score (nSPS) is 13.7. The zero-order valence-corrected chi connectivity index (χ0v) is 14.2. The number of carbonyl (C=O) groups is 1. The van der Waals surface area contributed by atoms with Crippen LogP contribution in [0.5, 0.6) is 0 Å². The van der Waals surface area contributed by atoms with Crippen LogP contribution < -0.4 is 11.1 Å². The Hall–Kier alpha value is -1.59. The topological polar surface area (TPSA) is 83.8 Å². The summed E-state index contributed by atoms with van der Waals surface area (Å²) in [5.41, 5.74) is 7.19. The molecular weight excluding hydrogens is 300 g/mol. The molecule has 1 unspecified atom stereocenters. The molecule has 0 aliphatic heterocycles. The summed E-state index contributed by atoms with van der Waals surface area (Å²) < 4.78 is 0. The molecule has 4 N–H and O–H groups in total. The quantitative estimate of drug-likeness (QED) is 0.763. The number of amides is 1. The van der Waals surface area contributed by atoms with Crippen LogP contribution in [0.4, 0.5) is 0 Å². The van der Waals surface area contributed by atoms with Gasteiger partial charge in [0.2, 0.25) is 5.91 Å². The zero-order valence-electron chi connectivity index (χ0n) is 13.3. The number of para-hydroxylation sites is 1. The van der Waals surface area contributed by atoms with Gasteiger partial charge < -0.3 is 11.1 Å². The van der Waals surface area contributed by atoms with E-state index in [1.165, 1.54) is 0 Å². The number of nitrogens with zero attached hydrogens (tertiary/aromatic N) is 1. The average molecular weight is 325 g/mol. The van der Waals surface area contributed by atoms with Crippen LogP contribution in [0.1, 0.15) is 32.9 Å². The Labute approximate surface area is 137 Å². The first-order chi connectivity index (χ1) is 9.93. The van der Waals surface area contributed by atoms with Gasteiger partial charge in [0.15, 0.2) is 0 Å². The number of halogens is 1. The number of hydrogen-bond acceptors (Lipinski definition) is 3. The van der Waals surface area contributed by atoms with Gasteiger partial charge in [0.05, 0.1) is 17.6 Å². The van der Waals surface area contributed by atoms with Gasteiger partial charge in [0, 0.05) is 17.5 Å². The lowest BCUT2D eigenvalue weighted by Gasteiger charge is -2.31. The molecule has 22 heavy (non-hydrogen) atoms. The van der Waals surface area contributed by atoms with Gasteiger partial charge in [-0.3, -0.25) is 9.89 Å². The van der Waals surface area contributed by atoms with Gasteiger partial charge in [-0.15, -0.1) is 12.4 Å². The second-order valence-electron chi connectivity index (χ2n) is 6.31. The summed E-state index contributed by atoms with van der Waals surface area (Å²) in [6, 6.07) is 7.77. The molecule has 122 valence electrons. The fourth-order valence-corrected chi connectivity index (χ4v) is 2.78. The lowest BCUT2D eigenvalue weighted by molar-refractivity contribution is -0.122. The number of nitrogens with one attached hydrogen (secondary N) is 2. The van der Waals surface area contributed by atoms with Gasteiger partial charge in [0.25, 0.3) is 0 Å². The fourth-order valence-electron chi connectivity index (χ4n) is 2.78. The molecule has 0 spiro atoms. The van der Waals surface area contributed by atoms with Gasteiger partial charge in [-0.05, 0) is 25.3 Å². The molecule has 0 aliphatic carbocycles. The Balaban J connectivity index is 0.00000242. The third kappa shape index (κ3) is 4.45. The number of benzene rings is 1. The first kappa shape index (κ1) is 18.5. The molecule has 6 heteroatoms. The summed E-state index contributed by atoms with van der Waals surface area (Å²) in [5.74, 6) is 0.449. The SMILES string of the molecule is CC(C)CC(C)(CN)NC(=O)Cc1[nH]nc2ccccc12.Cl. The van der Waals surface area contributed by atoms with Crippen LogP contribution in [0, 0.1) is 5.92 Å². The molecule has 2 aromatic rings. The van der Waals surface area contributed by atoms with Crippen molar-refractivity contribution in [2.45, 2.75) is 39.2 Å². The maximum atomic E-state index is 12.3. The maximum Gasteiger partial charge on any atom is 0.226 e. The highest BCUT2D eigenvalue weighted by molar-refractivity contribution is 5.87. The van der Waals surface area contributed by atoms with Crippen LogP contribution in [-0.4, -0.2) is 28.2 Å². The monoisotopic (exact) mass is 324 g/mol. The number of H-pyrrole nitrogens is 1. The summed E-state index contributed by atoms with van der Waals surface area (Å²) in [4.78, 5) is 12.3. The number of fused-ring (bicyclic) bond motifs is 1. The highest BCUT2D eigenvalue weighted by Gasteiger charge is 2.26. The van der Waals surface area contributed by atoms with Gasteiger partial charge in [-0.1, -0.05) is 32.0 Å².